The van der Waals surface area contributed by atoms with Crippen molar-refractivity contribution in [3.63, 3.8) is 0 Å². The van der Waals surface area contributed by atoms with E-state index in [1.54, 1.807) is 19.2 Å². The molecule has 0 aliphatic carbocycles. The Hall–Kier alpha value is -2.25. The summed E-state index contributed by atoms with van der Waals surface area (Å²) in [5, 5.41) is 15.0. The Kier molecular flexibility index (Phi) is 4.17. The van der Waals surface area contributed by atoms with Crippen LogP contribution in [0, 0.1) is 10.1 Å². The minimum Gasteiger partial charge on any atom is -0.383 e. The fourth-order valence-electron chi connectivity index (χ4n) is 2.78. The summed E-state index contributed by atoms with van der Waals surface area (Å²) in [6.07, 6.45) is 0. The van der Waals surface area contributed by atoms with Gasteiger partial charge in [0.25, 0.3) is 5.69 Å². The lowest BCUT2D eigenvalue weighted by molar-refractivity contribution is -0.384. The Labute approximate surface area is 128 Å². The maximum atomic E-state index is 10.8. The third-order valence-corrected chi connectivity index (χ3v) is 3.87. The summed E-state index contributed by atoms with van der Waals surface area (Å²) in [5.41, 5.74) is 0.847. The highest BCUT2D eigenvalue weighted by molar-refractivity contribution is 5.82. The molecule has 2 aromatic rings. The quantitative estimate of drug-likeness (QED) is 0.682. The number of nitro benzene ring substituents is 1. The van der Waals surface area contributed by atoms with Crippen LogP contribution in [0.5, 0.6) is 0 Å². The monoisotopic (exact) mass is 301 g/mol. The average molecular weight is 301 g/mol. The maximum absolute atomic E-state index is 10.8. The Morgan fingerprint density at radius 3 is 3.09 bits per heavy atom. The van der Waals surface area contributed by atoms with Crippen molar-refractivity contribution < 1.29 is 9.66 Å². The van der Waals surface area contributed by atoms with E-state index < -0.39 is 4.92 Å². The number of nitro groups is 1. The third-order valence-electron chi connectivity index (χ3n) is 3.87. The Morgan fingerprint density at radius 2 is 2.32 bits per heavy atom. The van der Waals surface area contributed by atoms with Gasteiger partial charge < -0.3 is 15.0 Å². The number of methoxy groups -OCH3 is 1. The molecule has 7 nitrogen and oxygen atoms in total. The second-order valence-electron chi connectivity index (χ2n) is 5.31. The molecule has 0 saturated carbocycles. The topological polar surface area (TPSA) is 80.5 Å². The van der Waals surface area contributed by atoms with E-state index in [1.807, 2.05) is 12.1 Å². The summed E-state index contributed by atoms with van der Waals surface area (Å²) in [4.78, 5) is 17.3. The average Bonchev–Trinajstić information content (AvgIpc) is 2.54. The molecule has 1 aliphatic heterocycles. The first-order valence-electron chi connectivity index (χ1n) is 7.20. The fraction of sp³-hybridized carbons (Fsp3) is 0.400. The van der Waals surface area contributed by atoms with E-state index in [0.29, 0.717) is 6.61 Å². The predicted octanol–water partition coefficient (Wildman–Crippen LogP) is 1.57. The van der Waals surface area contributed by atoms with E-state index in [-0.39, 0.29) is 11.7 Å². The van der Waals surface area contributed by atoms with E-state index >= 15 is 0 Å². The van der Waals surface area contributed by atoms with Gasteiger partial charge in [-0.1, -0.05) is 0 Å². The summed E-state index contributed by atoms with van der Waals surface area (Å²) < 4.78 is 5.28. The van der Waals surface area contributed by atoms with Crippen LogP contribution in [-0.2, 0) is 4.74 Å². The molecular formula is C15H18N4O3. The van der Waals surface area contributed by atoms with Crippen LogP contribution in [0.25, 0.3) is 10.9 Å². The lowest BCUT2D eigenvalue weighted by Crippen LogP contribution is -2.53. The molecule has 1 aliphatic rings. The summed E-state index contributed by atoms with van der Waals surface area (Å²) in [6.45, 7) is 3.25. The summed E-state index contributed by atoms with van der Waals surface area (Å²) in [5.74, 6) is 0.880. The molecule has 1 aromatic heterocycles. The molecule has 0 spiro atoms. The van der Waals surface area contributed by atoms with Crippen LogP contribution in [0.4, 0.5) is 11.5 Å². The molecule has 2 heterocycles. The van der Waals surface area contributed by atoms with Crippen molar-refractivity contribution in [2.24, 2.45) is 0 Å². The van der Waals surface area contributed by atoms with Crippen molar-refractivity contribution in [1.29, 1.82) is 0 Å². The minimum atomic E-state index is -0.391. The van der Waals surface area contributed by atoms with Crippen LogP contribution in [-0.4, -0.2) is 49.3 Å². The number of hydrogen-bond acceptors (Lipinski definition) is 6. The van der Waals surface area contributed by atoms with E-state index in [2.05, 4.69) is 15.2 Å². The first-order valence-corrected chi connectivity index (χ1v) is 7.20. The minimum absolute atomic E-state index is 0.0847. The number of rotatable bonds is 4. The highest BCUT2D eigenvalue weighted by Gasteiger charge is 2.23. The zero-order valence-corrected chi connectivity index (χ0v) is 12.4. The number of hydrogen-bond donors (Lipinski definition) is 1. The lowest BCUT2D eigenvalue weighted by atomic mass is 10.1. The summed E-state index contributed by atoms with van der Waals surface area (Å²) >= 11 is 0. The number of non-ortho nitro benzene ring substituents is 1. The zero-order valence-electron chi connectivity index (χ0n) is 12.4. The highest BCUT2D eigenvalue weighted by Crippen LogP contribution is 2.24. The molecule has 1 atom stereocenters. The van der Waals surface area contributed by atoms with Crippen molar-refractivity contribution in [2.45, 2.75) is 6.04 Å². The number of nitrogens with zero attached hydrogens (tertiary/aromatic N) is 3. The molecule has 0 amide bonds. The standard InChI is InChI=1S/C15H18N4O3/c1-22-10-13-9-16-6-7-18(13)15-5-2-11-8-12(19(20)21)3-4-14(11)17-15/h2-5,8,13,16H,6-7,9-10H2,1H3/i1-1. The summed E-state index contributed by atoms with van der Waals surface area (Å²) in [6, 6.07) is 8.78. The smallest absolute Gasteiger partial charge is 0.270 e. The van der Waals surface area contributed by atoms with Gasteiger partial charge in [0.05, 0.1) is 23.1 Å². The van der Waals surface area contributed by atoms with Crippen LogP contribution in [0.1, 0.15) is 0 Å². The van der Waals surface area contributed by atoms with Gasteiger partial charge in [-0.15, -0.1) is 0 Å². The molecule has 3 rings (SSSR count). The molecular weight excluding hydrogens is 283 g/mol. The number of piperazine rings is 1. The van der Waals surface area contributed by atoms with Crippen LogP contribution < -0.4 is 10.2 Å². The van der Waals surface area contributed by atoms with Gasteiger partial charge in [-0.2, -0.15) is 0 Å². The Balaban J connectivity index is 1.93. The summed E-state index contributed by atoms with van der Waals surface area (Å²) in [7, 11) is 1.69. The lowest BCUT2D eigenvalue weighted by Gasteiger charge is -2.36. The number of pyridine rings is 1. The number of nitrogens with one attached hydrogen (secondary N) is 1. The van der Waals surface area contributed by atoms with Crippen molar-refractivity contribution in [1.82, 2.24) is 10.3 Å². The van der Waals surface area contributed by atoms with Gasteiger partial charge in [0, 0.05) is 44.3 Å². The number of anilines is 1. The molecule has 116 valence electrons. The van der Waals surface area contributed by atoms with Crippen LogP contribution in [0.2, 0.25) is 0 Å². The van der Waals surface area contributed by atoms with Gasteiger partial charge in [-0.05, 0) is 18.2 Å². The number of ether oxygens (including phenoxy) is 1. The van der Waals surface area contributed by atoms with Gasteiger partial charge in [-0.3, -0.25) is 10.1 Å². The van der Waals surface area contributed by atoms with Crippen molar-refractivity contribution in [3.05, 3.63) is 40.4 Å². The van der Waals surface area contributed by atoms with E-state index in [1.165, 1.54) is 6.07 Å². The van der Waals surface area contributed by atoms with Crippen LogP contribution >= 0.6 is 0 Å². The first kappa shape index (κ1) is 14.7. The van der Waals surface area contributed by atoms with Crippen molar-refractivity contribution in [3.8, 4) is 0 Å². The predicted molar refractivity (Wildman–Crippen MR) is 84.3 cm³/mol. The number of fused-ring (bicyclic) bond motifs is 1. The maximum Gasteiger partial charge on any atom is 0.270 e. The van der Waals surface area contributed by atoms with Crippen molar-refractivity contribution in [2.75, 3.05) is 38.3 Å². The third kappa shape index (κ3) is 2.86. The van der Waals surface area contributed by atoms with Crippen LogP contribution in [0.15, 0.2) is 30.3 Å². The fourth-order valence-corrected chi connectivity index (χ4v) is 2.78. The first-order chi connectivity index (χ1) is 10.7. The Morgan fingerprint density at radius 1 is 1.45 bits per heavy atom. The number of aromatic nitrogens is 1. The normalized spacial score (nSPS) is 18.6. The van der Waals surface area contributed by atoms with Crippen LogP contribution in [0.3, 0.4) is 0 Å². The van der Waals surface area contributed by atoms with E-state index in [9.17, 15) is 10.1 Å². The van der Waals surface area contributed by atoms with Gasteiger partial charge >= 0.3 is 0 Å². The number of benzene rings is 1. The van der Waals surface area contributed by atoms with Gasteiger partial charge in [0.15, 0.2) is 0 Å². The zero-order chi connectivity index (χ0) is 15.5. The molecule has 0 radical (unpaired) electrons. The van der Waals surface area contributed by atoms with Gasteiger partial charge in [0.1, 0.15) is 5.82 Å². The second-order valence-corrected chi connectivity index (χ2v) is 5.31. The molecule has 0 bridgehead atoms. The SMILES string of the molecule is [11CH3]OCC1CNCCN1c1ccc2cc([N+](=O)[O-])ccc2n1. The second kappa shape index (κ2) is 6.25. The van der Waals surface area contributed by atoms with Gasteiger partial charge in [-0.25, -0.2) is 4.98 Å². The molecule has 22 heavy (non-hydrogen) atoms. The molecule has 1 saturated heterocycles. The molecule has 7 heteroatoms. The highest BCUT2D eigenvalue weighted by atomic mass is 16.6. The van der Waals surface area contributed by atoms with E-state index in [0.717, 1.165) is 36.4 Å². The van der Waals surface area contributed by atoms with Crippen molar-refractivity contribution >= 4 is 22.4 Å². The molecule has 1 N–H and O–H groups in total. The Bertz CT molecular complexity index is 690. The largest absolute Gasteiger partial charge is 0.383 e. The molecule has 1 unspecified atom stereocenters. The van der Waals surface area contributed by atoms with E-state index in [4.69, 9.17) is 4.74 Å². The molecule has 1 fully saturated rings. The van der Waals surface area contributed by atoms with Gasteiger partial charge in [0.2, 0.25) is 0 Å². The molecule has 1 aromatic carbocycles.